The Labute approximate surface area is 148 Å². The fraction of sp³-hybridized carbons (Fsp3) is 0.588. The molecule has 0 spiro atoms. The number of halogens is 2. The molecule has 128 valence electrons. The van der Waals surface area contributed by atoms with E-state index in [2.05, 4.69) is 5.32 Å². The van der Waals surface area contributed by atoms with Crippen molar-refractivity contribution in [3.8, 4) is 0 Å². The summed E-state index contributed by atoms with van der Waals surface area (Å²) in [5, 5.41) is 4.46. The molecule has 0 aromatic heterocycles. The summed E-state index contributed by atoms with van der Waals surface area (Å²) in [5.41, 5.74) is 0.410. The Morgan fingerprint density at radius 3 is 2.57 bits per heavy atom. The molecular weight excluding hydrogens is 335 g/mol. The zero-order valence-corrected chi connectivity index (χ0v) is 15.4. The van der Waals surface area contributed by atoms with Gasteiger partial charge in [-0.2, -0.15) is 0 Å². The Kier molecular flexibility index (Phi) is 6.04. The van der Waals surface area contributed by atoms with Crippen LogP contribution in [0, 0.1) is 5.92 Å². The SMILES string of the molecule is CC(C)(C)OC(=O)N1CCC(CNc2cccc(Cl)c2Cl)CC1. The minimum Gasteiger partial charge on any atom is -0.444 e. The fourth-order valence-electron chi connectivity index (χ4n) is 2.54. The highest BCUT2D eigenvalue weighted by atomic mass is 35.5. The molecule has 1 aromatic carbocycles. The summed E-state index contributed by atoms with van der Waals surface area (Å²) < 4.78 is 5.41. The van der Waals surface area contributed by atoms with Crippen LogP contribution >= 0.6 is 23.2 Å². The van der Waals surface area contributed by atoms with Crippen LogP contribution < -0.4 is 5.32 Å². The van der Waals surface area contributed by atoms with E-state index in [0.29, 0.717) is 16.0 Å². The van der Waals surface area contributed by atoms with Crippen LogP contribution in [0.25, 0.3) is 0 Å². The molecule has 1 aromatic rings. The lowest BCUT2D eigenvalue weighted by Crippen LogP contribution is -2.42. The summed E-state index contributed by atoms with van der Waals surface area (Å²) in [6, 6.07) is 5.57. The normalized spacial score (nSPS) is 16.3. The molecule has 1 amide bonds. The van der Waals surface area contributed by atoms with Crippen molar-refractivity contribution < 1.29 is 9.53 Å². The molecule has 1 aliphatic heterocycles. The molecule has 0 saturated carbocycles. The van der Waals surface area contributed by atoms with E-state index in [9.17, 15) is 4.79 Å². The summed E-state index contributed by atoms with van der Waals surface area (Å²) in [5.74, 6) is 0.503. The van der Waals surface area contributed by atoms with Crippen LogP contribution in [-0.4, -0.2) is 36.2 Å². The maximum Gasteiger partial charge on any atom is 0.410 e. The second kappa shape index (κ2) is 7.63. The second-order valence-electron chi connectivity index (χ2n) is 6.89. The Morgan fingerprint density at radius 1 is 1.30 bits per heavy atom. The molecule has 23 heavy (non-hydrogen) atoms. The molecule has 1 aliphatic rings. The fourth-order valence-corrected chi connectivity index (χ4v) is 2.91. The zero-order chi connectivity index (χ0) is 17.0. The molecule has 1 saturated heterocycles. The number of benzene rings is 1. The van der Waals surface area contributed by atoms with Gasteiger partial charge in [-0.3, -0.25) is 0 Å². The van der Waals surface area contributed by atoms with Crippen molar-refractivity contribution in [2.75, 3.05) is 25.0 Å². The van der Waals surface area contributed by atoms with E-state index in [0.717, 1.165) is 38.2 Å². The number of rotatable bonds is 3. The first-order valence-corrected chi connectivity index (χ1v) is 8.67. The first-order chi connectivity index (χ1) is 10.8. The number of likely N-dealkylation sites (tertiary alicyclic amines) is 1. The first-order valence-electron chi connectivity index (χ1n) is 7.92. The smallest absolute Gasteiger partial charge is 0.410 e. The van der Waals surface area contributed by atoms with Crippen molar-refractivity contribution in [1.29, 1.82) is 0 Å². The Hall–Kier alpha value is -1.13. The topological polar surface area (TPSA) is 41.6 Å². The second-order valence-corrected chi connectivity index (χ2v) is 7.68. The lowest BCUT2D eigenvalue weighted by atomic mass is 9.97. The number of amides is 1. The molecule has 2 rings (SSSR count). The molecule has 0 atom stereocenters. The van der Waals surface area contributed by atoms with Crippen molar-refractivity contribution in [3.05, 3.63) is 28.2 Å². The van der Waals surface area contributed by atoms with Gasteiger partial charge in [0.25, 0.3) is 0 Å². The predicted molar refractivity (Wildman–Crippen MR) is 95.5 cm³/mol. The third-order valence-electron chi connectivity index (χ3n) is 3.80. The van der Waals surface area contributed by atoms with Gasteiger partial charge in [-0.15, -0.1) is 0 Å². The van der Waals surface area contributed by atoms with Gasteiger partial charge in [0.15, 0.2) is 0 Å². The number of carbonyl (C=O) groups excluding carboxylic acids is 1. The average molecular weight is 359 g/mol. The van der Waals surface area contributed by atoms with E-state index in [4.69, 9.17) is 27.9 Å². The van der Waals surface area contributed by atoms with Gasteiger partial charge in [0.1, 0.15) is 5.60 Å². The third-order valence-corrected chi connectivity index (χ3v) is 4.62. The summed E-state index contributed by atoms with van der Waals surface area (Å²) in [6.07, 6.45) is 1.68. The number of ether oxygens (including phenoxy) is 1. The van der Waals surface area contributed by atoms with E-state index < -0.39 is 5.60 Å². The van der Waals surface area contributed by atoms with Crippen LogP contribution in [0.2, 0.25) is 10.0 Å². The largest absolute Gasteiger partial charge is 0.444 e. The predicted octanol–water partition coefficient (Wildman–Crippen LogP) is 5.05. The Balaban J connectivity index is 1.79. The number of hydrogen-bond donors (Lipinski definition) is 1. The summed E-state index contributed by atoms with van der Waals surface area (Å²) >= 11 is 12.2. The van der Waals surface area contributed by atoms with Crippen LogP contribution in [0.4, 0.5) is 10.5 Å². The third kappa shape index (κ3) is 5.47. The van der Waals surface area contributed by atoms with Crippen molar-refractivity contribution in [1.82, 2.24) is 4.90 Å². The van der Waals surface area contributed by atoms with Crippen LogP contribution in [0.5, 0.6) is 0 Å². The lowest BCUT2D eigenvalue weighted by Gasteiger charge is -2.33. The molecular formula is C17H24Cl2N2O2. The summed E-state index contributed by atoms with van der Waals surface area (Å²) in [4.78, 5) is 13.8. The van der Waals surface area contributed by atoms with Crippen LogP contribution in [0.15, 0.2) is 18.2 Å². The highest BCUT2D eigenvalue weighted by Crippen LogP contribution is 2.30. The van der Waals surface area contributed by atoms with E-state index in [1.54, 1.807) is 11.0 Å². The number of anilines is 1. The van der Waals surface area contributed by atoms with Gasteiger partial charge in [-0.1, -0.05) is 29.3 Å². The molecule has 0 unspecified atom stereocenters. The van der Waals surface area contributed by atoms with Crippen molar-refractivity contribution in [2.24, 2.45) is 5.92 Å². The standard InChI is InChI=1S/C17H24Cl2N2O2/c1-17(2,3)23-16(22)21-9-7-12(8-10-21)11-20-14-6-4-5-13(18)15(14)19/h4-6,12,20H,7-11H2,1-3H3. The van der Waals surface area contributed by atoms with Crippen molar-refractivity contribution in [3.63, 3.8) is 0 Å². The highest BCUT2D eigenvalue weighted by molar-refractivity contribution is 6.43. The monoisotopic (exact) mass is 358 g/mol. The number of nitrogens with one attached hydrogen (secondary N) is 1. The van der Waals surface area contributed by atoms with Gasteiger partial charge < -0.3 is 15.0 Å². The van der Waals surface area contributed by atoms with E-state index in [-0.39, 0.29) is 6.09 Å². The van der Waals surface area contributed by atoms with Gasteiger partial charge in [0, 0.05) is 19.6 Å². The van der Waals surface area contributed by atoms with E-state index in [1.807, 2.05) is 32.9 Å². The number of nitrogens with zero attached hydrogens (tertiary/aromatic N) is 1. The van der Waals surface area contributed by atoms with Gasteiger partial charge >= 0.3 is 6.09 Å². The van der Waals surface area contributed by atoms with Crippen LogP contribution in [-0.2, 0) is 4.74 Å². The van der Waals surface area contributed by atoms with Crippen LogP contribution in [0.3, 0.4) is 0 Å². The van der Waals surface area contributed by atoms with E-state index >= 15 is 0 Å². The maximum atomic E-state index is 12.0. The highest BCUT2D eigenvalue weighted by Gasteiger charge is 2.26. The van der Waals surface area contributed by atoms with Gasteiger partial charge in [-0.25, -0.2) is 4.79 Å². The minimum absolute atomic E-state index is 0.221. The number of piperidine rings is 1. The number of hydrogen-bond acceptors (Lipinski definition) is 3. The first kappa shape index (κ1) is 18.2. The summed E-state index contributed by atoms with van der Waals surface area (Å²) in [7, 11) is 0. The average Bonchev–Trinajstić information content (AvgIpc) is 2.47. The summed E-state index contributed by atoms with van der Waals surface area (Å²) in [6.45, 7) is 7.93. The molecule has 0 aliphatic carbocycles. The van der Waals surface area contributed by atoms with Crippen molar-refractivity contribution >= 4 is 35.0 Å². The molecule has 0 radical (unpaired) electrons. The lowest BCUT2D eigenvalue weighted by molar-refractivity contribution is 0.0188. The Morgan fingerprint density at radius 2 is 1.96 bits per heavy atom. The molecule has 1 N–H and O–H groups in total. The maximum absolute atomic E-state index is 12.0. The molecule has 4 nitrogen and oxygen atoms in total. The molecule has 6 heteroatoms. The van der Waals surface area contributed by atoms with Gasteiger partial charge in [0.05, 0.1) is 15.7 Å². The zero-order valence-electron chi connectivity index (χ0n) is 13.9. The molecule has 0 bridgehead atoms. The molecule has 1 heterocycles. The van der Waals surface area contributed by atoms with Crippen LogP contribution in [0.1, 0.15) is 33.6 Å². The Bertz CT molecular complexity index is 550. The van der Waals surface area contributed by atoms with Crippen molar-refractivity contribution in [2.45, 2.75) is 39.2 Å². The minimum atomic E-state index is -0.446. The number of carbonyl (C=O) groups is 1. The van der Waals surface area contributed by atoms with Gasteiger partial charge in [0.2, 0.25) is 0 Å². The quantitative estimate of drug-likeness (QED) is 0.821. The molecule has 1 fully saturated rings. The van der Waals surface area contributed by atoms with Gasteiger partial charge in [-0.05, 0) is 51.7 Å². The van der Waals surface area contributed by atoms with E-state index in [1.165, 1.54) is 0 Å².